The van der Waals surface area contributed by atoms with Crippen LogP contribution >= 0.6 is 23.4 Å². The zero-order valence-electron chi connectivity index (χ0n) is 17.1. The van der Waals surface area contributed by atoms with E-state index in [9.17, 15) is 4.79 Å². The quantitative estimate of drug-likeness (QED) is 0.363. The maximum absolute atomic E-state index is 12.4. The molecule has 0 N–H and O–H groups in total. The molecule has 6 heteroatoms. The minimum atomic E-state index is -0.288. The molecule has 0 spiro atoms. The molecule has 4 nitrogen and oxygen atoms in total. The Hall–Kier alpha value is -1.17. The van der Waals surface area contributed by atoms with Gasteiger partial charge in [-0.05, 0) is 87.4 Å². The van der Waals surface area contributed by atoms with E-state index >= 15 is 0 Å². The average molecular weight is 425 g/mol. The van der Waals surface area contributed by atoms with Crippen molar-refractivity contribution >= 4 is 29.5 Å². The van der Waals surface area contributed by atoms with Crippen molar-refractivity contribution in [2.75, 3.05) is 38.7 Å². The predicted molar refractivity (Wildman–Crippen MR) is 121 cm³/mol. The van der Waals surface area contributed by atoms with Gasteiger partial charge in [-0.15, -0.1) is 6.58 Å². The summed E-state index contributed by atoms with van der Waals surface area (Å²) in [5.74, 6) is 3.75. The minimum Gasteiger partial charge on any atom is -0.410 e. The summed E-state index contributed by atoms with van der Waals surface area (Å²) in [7, 11) is 3.99. The number of hydrogen-bond acceptors (Lipinski definition) is 4. The van der Waals surface area contributed by atoms with Gasteiger partial charge in [-0.3, -0.25) is 0 Å². The highest BCUT2D eigenvalue weighted by atomic mass is 35.5. The van der Waals surface area contributed by atoms with Gasteiger partial charge in [-0.25, -0.2) is 4.79 Å². The minimum absolute atomic E-state index is 0.272. The van der Waals surface area contributed by atoms with Crippen molar-refractivity contribution < 1.29 is 9.53 Å². The van der Waals surface area contributed by atoms with Crippen LogP contribution in [0.4, 0.5) is 4.79 Å². The summed E-state index contributed by atoms with van der Waals surface area (Å²) in [4.78, 5) is 16.4. The second kappa shape index (κ2) is 12.4. The van der Waals surface area contributed by atoms with E-state index in [-0.39, 0.29) is 12.1 Å². The number of hydrogen-bond donors (Lipinski definition) is 0. The van der Waals surface area contributed by atoms with Crippen molar-refractivity contribution in [3.8, 4) is 5.75 Å². The lowest BCUT2D eigenvalue weighted by Gasteiger charge is -2.34. The van der Waals surface area contributed by atoms with Crippen LogP contribution in [-0.4, -0.2) is 60.6 Å². The molecular weight excluding hydrogens is 392 g/mol. The molecule has 1 amide bonds. The molecule has 0 atom stereocenters. The fourth-order valence-corrected chi connectivity index (χ4v) is 4.81. The fourth-order valence-electron chi connectivity index (χ4n) is 3.52. The van der Waals surface area contributed by atoms with Crippen molar-refractivity contribution in [1.82, 2.24) is 9.80 Å². The van der Waals surface area contributed by atoms with Crippen LogP contribution in [0.3, 0.4) is 0 Å². The normalized spacial score (nSPS) is 19.4. The summed E-state index contributed by atoms with van der Waals surface area (Å²) in [6, 6.07) is 7.16. The zero-order valence-corrected chi connectivity index (χ0v) is 18.7. The van der Waals surface area contributed by atoms with Gasteiger partial charge in [-0.2, -0.15) is 11.8 Å². The number of amides is 1. The Kier molecular flexibility index (Phi) is 10.2. The van der Waals surface area contributed by atoms with Crippen LogP contribution in [0.2, 0.25) is 5.02 Å². The molecular formula is C22H33ClN2O2S. The van der Waals surface area contributed by atoms with E-state index in [1.807, 2.05) is 13.1 Å². The second-order valence-electron chi connectivity index (χ2n) is 7.59. The van der Waals surface area contributed by atoms with Crippen LogP contribution in [-0.2, 0) is 0 Å². The first kappa shape index (κ1) is 23.1. The summed E-state index contributed by atoms with van der Waals surface area (Å²) < 4.78 is 5.45. The van der Waals surface area contributed by atoms with E-state index in [2.05, 4.69) is 30.3 Å². The van der Waals surface area contributed by atoms with E-state index in [0.717, 1.165) is 31.8 Å². The first-order chi connectivity index (χ1) is 13.5. The van der Waals surface area contributed by atoms with E-state index in [1.54, 1.807) is 29.2 Å². The predicted octanol–water partition coefficient (Wildman–Crippen LogP) is 5.57. The fraction of sp³-hybridized carbons (Fsp3) is 0.591. The SMILES string of the molecule is C=CCN(C)CCCSC[C@H]1CC[C@H](N(C)C(=O)Oc2ccc(Cl)cc2)CC1. The van der Waals surface area contributed by atoms with Gasteiger partial charge >= 0.3 is 6.09 Å². The van der Waals surface area contributed by atoms with E-state index in [0.29, 0.717) is 10.8 Å². The number of thioether (sulfide) groups is 1. The Balaban J connectivity index is 1.62. The summed E-state index contributed by atoms with van der Waals surface area (Å²) in [5.41, 5.74) is 0. The van der Waals surface area contributed by atoms with Gasteiger partial charge in [0.2, 0.25) is 0 Å². The summed E-state index contributed by atoms with van der Waals surface area (Å²) in [5, 5.41) is 0.633. The van der Waals surface area contributed by atoms with Crippen LogP contribution in [0.1, 0.15) is 32.1 Å². The van der Waals surface area contributed by atoms with E-state index < -0.39 is 0 Å². The van der Waals surface area contributed by atoms with Crippen LogP contribution in [0.5, 0.6) is 5.75 Å². The number of ether oxygens (including phenoxy) is 1. The van der Waals surface area contributed by atoms with Gasteiger partial charge in [0, 0.05) is 24.7 Å². The van der Waals surface area contributed by atoms with Crippen molar-refractivity contribution in [3.05, 3.63) is 41.9 Å². The third-order valence-electron chi connectivity index (χ3n) is 5.29. The summed E-state index contributed by atoms with van der Waals surface area (Å²) >= 11 is 7.94. The highest BCUT2D eigenvalue weighted by Crippen LogP contribution is 2.30. The largest absolute Gasteiger partial charge is 0.415 e. The molecule has 0 radical (unpaired) electrons. The topological polar surface area (TPSA) is 32.8 Å². The van der Waals surface area contributed by atoms with Crippen molar-refractivity contribution in [2.45, 2.75) is 38.1 Å². The maximum Gasteiger partial charge on any atom is 0.415 e. The Morgan fingerprint density at radius 1 is 1.25 bits per heavy atom. The summed E-state index contributed by atoms with van der Waals surface area (Å²) in [6.07, 6.45) is 7.37. The molecule has 0 aromatic heterocycles. The van der Waals surface area contributed by atoms with Gasteiger partial charge < -0.3 is 14.5 Å². The third-order valence-corrected chi connectivity index (χ3v) is 6.83. The lowest BCUT2D eigenvalue weighted by Crippen LogP contribution is -2.41. The zero-order chi connectivity index (χ0) is 20.4. The molecule has 156 valence electrons. The number of halogens is 1. The lowest BCUT2D eigenvalue weighted by molar-refractivity contribution is 0.127. The van der Waals surface area contributed by atoms with Gasteiger partial charge in [-0.1, -0.05) is 17.7 Å². The van der Waals surface area contributed by atoms with E-state index in [4.69, 9.17) is 16.3 Å². The number of nitrogens with zero attached hydrogens (tertiary/aromatic N) is 2. The smallest absolute Gasteiger partial charge is 0.410 e. The number of carbonyl (C=O) groups is 1. The Morgan fingerprint density at radius 2 is 1.93 bits per heavy atom. The van der Waals surface area contributed by atoms with Crippen molar-refractivity contribution in [2.24, 2.45) is 5.92 Å². The molecule has 1 aromatic carbocycles. The molecule has 28 heavy (non-hydrogen) atoms. The third kappa shape index (κ3) is 8.06. The number of benzene rings is 1. The lowest BCUT2D eigenvalue weighted by atomic mass is 9.87. The molecule has 1 aliphatic rings. The first-order valence-electron chi connectivity index (χ1n) is 10.1. The standard InChI is InChI=1S/C22H33ClN2O2S/c1-4-14-24(2)15-5-16-28-17-18-6-10-20(11-7-18)25(3)22(26)27-21-12-8-19(23)9-13-21/h4,8-9,12-13,18,20H,1,5-7,10-11,14-17H2,2-3H3/t18-,20-. The molecule has 0 heterocycles. The molecule has 1 saturated carbocycles. The molecule has 0 aliphatic heterocycles. The molecule has 1 fully saturated rings. The van der Waals surface area contributed by atoms with Gasteiger partial charge in [0.15, 0.2) is 0 Å². The molecule has 0 bridgehead atoms. The number of rotatable bonds is 10. The molecule has 1 aliphatic carbocycles. The van der Waals surface area contributed by atoms with Gasteiger partial charge in [0.1, 0.15) is 5.75 Å². The Morgan fingerprint density at radius 3 is 2.57 bits per heavy atom. The highest BCUT2D eigenvalue weighted by Gasteiger charge is 2.27. The molecule has 0 unspecified atom stereocenters. The van der Waals surface area contributed by atoms with Crippen molar-refractivity contribution in [3.63, 3.8) is 0 Å². The first-order valence-corrected chi connectivity index (χ1v) is 11.6. The van der Waals surface area contributed by atoms with Gasteiger partial charge in [0.05, 0.1) is 0 Å². The van der Waals surface area contributed by atoms with Crippen LogP contribution in [0.25, 0.3) is 0 Å². The highest BCUT2D eigenvalue weighted by molar-refractivity contribution is 7.99. The monoisotopic (exact) mass is 424 g/mol. The van der Waals surface area contributed by atoms with Crippen LogP contribution in [0, 0.1) is 5.92 Å². The number of likely N-dealkylation sites (N-methyl/N-ethyl adjacent to an activating group) is 1. The van der Waals surface area contributed by atoms with E-state index in [1.165, 1.54) is 30.8 Å². The van der Waals surface area contributed by atoms with Crippen molar-refractivity contribution in [1.29, 1.82) is 0 Å². The molecule has 2 rings (SSSR count). The molecule has 1 aromatic rings. The summed E-state index contributed by atoms with van der Waals surface area (Å²) in [6.45, 7) is 5.87. The van der Waals surface area contributed by atoms with Crippen LogP contribution < -0.4 is 4.74 Å². The maximum atomic E-state index is 12.4. The Labute approximate surface area is 179 Å². The average Bonchev–Trinajstić information content (AvgIpc) is 2.69. The van der Waals surface area contributed by atoms with Gasteiger partial charge in [0.25, 0.3) is 0 Å². The molecule has 0 saturated heterocycles. The van der Waals surface area contributed by atoms with Crippen LogP contribution in [0.15, 0.2) is 36.9 Å². The second-order valence-corrected chi connectivity index (χ2v) is 9.17. The Bertz CT molecular complexity index is 603. The number of carbonyl (C=O) groups excluding carboxylic acids is 1.